The smallest absolute Gasteiger partial charge is 0.371 e. The van der Waals surface area contributed by atoms with Gasteiger partial charge in [-0.2, -0.15) is 0 Å². The molecule has 0 aliphatic carbocycles. The molecule has 0 aromatic rings. The Hall–Kier alpha value is -0.830. The van der Waals surface area contributed by atoms with Crippen molar-refractivity contribution in [2.75, 3.05) is 0 Å². The van der Waals surface area contributed by atoms with Crippen LogP contribution in [0, 0.1) is 0 Å². The molecule has 0 aliphatic heterocycles. The monoisotopic (exact) mass is 255 g/mol. The van der Waals surface area contributed by atoms with Crippen LogP contribution in [0.2, 0.25) is 0 Å². The van der Waals surface area contributed by atoms with Crippen molar-refractivity contribution in [3.05, 3.63) is 0 Å². The number of Topliss-reactive ketones (excluding diaryl/α,β-unsaturated/α-hetero) is 1. The lowest BCUT2D eigenvalue weighted by Crippen LogP contribution is -2.48. The number of hydrogen-bond acceptors (Lipinski definition) is 7. The summed E-state index contributed by atoms with van der Waals surface area (Å²) >= 11 is 0. The van der Waals surface area contributed by atoms with Crippen molar-refractivity contribution in [3.63, 3.8) is 0 Å². The lowest BCUT2D eigenvalue weighted by atomic mass is 10.1. The second-order valence-electron chi connectivity index (χ2n) is 3.03. The van der Waals surface area contributed by atoms with Crippen molar-refractivity contribution in [1.82, 2.24) is 0 Å². The molecule has 0 bridgehead atoms. The number of rotatable bonds is 6. The van der Waals surface area contributed by atoms with Crippen LogP contribution in [0.25, 0.3) is 0 Å². The minimum Gasteiger partial charge on any atom is -0.371 e. The molecule has 0 aromatic carbocycles. The van der Waals surface area contributed by atoms with E-state index in [0.29, 0.717) is 0 Å². The minimum atomic E-state index is -4.85. The molecule has 0 radical (unpaired) electrons. The predicted molar refractivity (Wildman–Crippen MR) is 52.5 cm³/mol. The van der Waals surface area contributed by atoms with Gasteiger partial charge in [0.25, 0.3) is 0 Å². The van der Waals surface area contributed by atoms with Gasteiger partial charge >= 0.3 is 13.8 Å². The average molecular weight is 255 g/mol. The summed E-state index contributed by atoms with van der Waals surface area (Å²) in [6.07, 6.45) is -1.80. The third kappa shape index (κ3) is 6.62. The van der Waals surface area contributed by atoms with Crippen molar-refractivity contribution in [2.24, 2.45) is 17.2 Å². The molecule has 1 atom stereocenters. The molecule has 0 aromatic heterocycles. The van der Waals surface area contributed by atoms with Crippen molar-refractivity contribution in [3.8, 4) is 0 Å². The van der Waals surface area contributed by atoms with Crippen LogP contribution in [-0.2, 0) is 18.7 Å². The van der Waals surface area contributed by atoms with Gasteiger partial charge in [-0.05, 0) is 6.42 Å². The van der Waals surface area contributed by atoms with Gasteiger partial charge in [0.1, 0.15) is 6.17 Å². The Kier molecular flexibility index (Phi) is 5.73. The normalized spacial score (nSPS) is 13.6. The Morgan fingerprint density at radius 3 is 2.12 bits per heavy atom. The van der Waals surface area contributed by atoms with E-state index in [2.05, 4.69) is 4.52 Å². The lowest BCUT2D eigenvalue weighted by Gasteiger charge is -2.12. The van der Waals surface area contributed by atoms with Crippen LogP contribution in [0.4, 0.5) is 0 Å². The first-order chi connectivity index (χ1) is 7.13. The molecule has 0 fully saturated rings. The van der Waals surface area contributed by atoms with E-state index in [1.165, 1.54) is 0 Å². The van der Waals surface area contributed by atoms with Gasteiger partial charge in [-0.3, -0.25) is 19.4 Å². The van der Waals surface area contributed by atoms with E-state index in [4.69, 9.17) is 27.0 Å². The molecule has 0 aliphatic rings. The van der Waals surface area contributed by atoms with E-state index in [9.17, 15) is 14.2 Å². The molecule has 0 rings (SSSR count). The van der Waals surface area contributed by atoms with Gasteiger partial charge in [0, 0.05) is 6.42 Å². The number of ketones is 1. The SMILES string of the molecule is NC(N)C(=O)[C@H](N)CCC(=O)OP(=O)(O)O. The Balaban J connectivity index is 4.02. The molecule has 0 spiro atoms. The van der Waals surface area contributed by atoms with E-state index >= 15 is 0 Å². The summed E-state index contributed by atoms with van der Waals surface area (Å²) in [6.45, 7) is 0. The minimum absolute atomic E-state index is 0.150. The average Bonchev–Trinajstić information content (AvgIpc) is 2.09. The molecule has 16 heavy (non-hydrogen) atoms. The van der Waals surface area contributed by atoms with Gasteiger partial charge in [0.2, 0.25) is 0 Å². The van der Waals surface area contributed by atoms with Crippen molar-refractivity contribution < 1.29 is 28.5 Å². The number of carbonyl (C=O) groups is 2. The standard InChI is InChI=1S/C6H14N3O6P/c7-3(5(11)6(8)9)1-2-4(10)15-16(12,13)14/h3,6H,1-2,7-9H2,(H2,12,13,14)/t3-/m1/s1. The molecule has 8 N–H and O–H groups in total. The quantitative estimate of drug-likeness (QED) is 0.254. The fourth-order valence-corrected chi connectivity index (χ4v) is 1.20. The van der Waals surface area contributed by atoms with Crippen LogP contribution in [0.15, 0.2) is 0 Å². The van der Waals surface area contributed by atoms with Gasteiger partial charge in [-0.15, -0.1) is 0 Å². The molecule has 10 heteroatoms. The van der Waals surface area contributed by atoms with E-state index in [1.807, 2.05) is 0 Å². The topological polar surface area (TPSA) is 179 Å². The van der Waals surface area contributed by atoms with E-state index in [0.717, 1.165) is 0 Å². The third-order valence-electron chi connectivity index (χ3n) is 1.57. The Labute approximate surface area is 91.2 Å². The van der Waals surface area contributed by atoms with Gasteiger partial charge in [0.15, 0.2) is 5.78 Å². The van der Waals surface area contributed by atoms with Crippen LogP contribution in [-0.4, -0.2) is 33.7 Å². The number of phosphoric acid groups is 1. The largest absolute Gasteiger partial charge is 0.526 e. The molecular weight excluding hydrogens is 241 g/mol. The van der Waals surface area contributed by atoms with E-state index < -0.39 is 38.2 Å². The molecule has 0 unspecified atom stereocenters. The highest BCUT2D eigenvalue weighted by Gasteiger charge is 2.23. The maximum Gasteiger partial charge on any atom is 0.526 e. The maximum absolute atomic E-state index is 11.1. The highest BCUT2D eigenvalue weighted by molar-refractivity contribution is 7.46. The highest BCUT2D eigenvalue weighted by atomic mass is 31.2. The second-order valence-corrected chi connectivity index (χ2v) is 4.19. The van der Waals surface area contributed by atoms with Gasteiger partial charge in [0.05, 0.1) is 6.04 Å². The molecular formula is C6H14N3O6P. The first-order valence-corrected chi connectivity index (χ1v) is 5.75. The molecule has 0 heterocycles. The number of nitrogens with two attached hydrogens (primary N) is 3. The Morgan fingerprint density at radius 1 is 1.25 bits per heavy atom. The van der Waals surface area contributed by atoms with Crippen LogP contribution in [0.5, 0.6) is 0 Å². The van der Waals surface area contributed by atoms with Crippen molar-refractivity contribution in [1.29, 1.82) is 0 Å². The van der Waals surface area contributed by atoms with Gasteiger partial charge < -0.3 is 21.7 Å². The van der Waals surface area contributed by atoms with Crippen LogP contribution in [0.1, 0.15) is 12.8 Å². The molecule has 0 saturated carbocycles. The molecule has 0 amide bonds. The zero-order chi connectivity index (χ0) is 12.9. The summed E-state index contributed by atoms with van der Waals surface area (Å²) in [5.41, 5.74) is 15.4. The van der Waals surface area contributed by atoms with E-state index in [-0.39, 0.29) is 6.42 Å². The number of carbonyl (C=O) groups excluding carboxylic acids is 2. The van der Waals surface area contributed by atoms with Crippen LogP contribution < -0.4 is 17.2 Å². The fraction of sp³-hybridized carbons (Fsp3) is 0.667. The number of hydrogen-bond donors (Lipinski definition) is 5. The molecule has 94 valence electrons. The van der Waals surface area contributed by atoms with E-state index in [1.54, 1.807) is 0 Å². The van der Waals surface area contributed by atoms with Gasteiger partial charge in [-0.1, -0.05) is 0 Å². The summed E-state index contributed by atoms with van der Waals surface area (Å²) in [5, 5.41) is 0. The predicted octanol–water partition coefficient (Wildman–Crippen LogP) is -2.46. The molecule has 0 saturated heterocycles. The summed E-state index contributed by atoms with van der Waals surface area (Å²) < 4.78 is 14.0. The maximum atomic E-state index is 11.1. The zero-order valence-electron chi connectivity index (χ0n) is 8.28. The number of phosphoric ester groups is 1. The Morgan fingerprint density at radius 2 is 1.75 bits per heavy atom. The van der Waals surface area contributed by atoms with Crippen LogP contribution in [0.3, 0.4) is 0 Å². The third-order valence-corrected chi connectivity index (χ3v) is 2.02. The lowest BCUT2D eigenvalue weighted by molar-refractivity contribution is -0.136. The fourth-order valence-electron chi connectivity index (χ4n) is 0.841. The summed E-state index contributed by atoms with van der Waals surface area (Å²) in [5.74, 6) is -1.80. The van der Waals surface area contributed by atoms with Crippen molar-refractivity contribution >= 4 is 19.6 Å². The summed E-state index contributed by atoms with van der Waals surface area (Å²) in [4.78, 5) is 38.4. The highest BCUT2D eigenvalue weighted by Crippen LogP contribution is 2.36. The second kappa shape index (κ2) is 6.04. The van der Waals surface area contributed by atoms with Crippen LogP contribution >= 0.6 is 7.82 Å². The first-order valence-electron chi connectivity index (χ1n) is 4.22. The van der Waals surface area contributed by atoms with Gasteiger partial charge in [-0.25, -0.2) is 4.57 Å². The van der Waals surface area contributed by atoms with Crippen molar-refractivity contribution in [2.45, 2.75) is 25.0 Å². The zero-order valence-corrected chi connectivity index (χ0v) is 9.17. The Bertz CT molecular complexity index is 313. The first kappa shape index (κ1) is 15.2. The summed E-state index contributed by atoms with van der Waals surface area (Å²) in [6, 6.07) is -1.07. The summed E-state index contributed by atoms with van der Waals surface area (Å²) in [7, 11) is -4.85. The molecule has 9 nitrogen and oxygen atoms in total.